The normalized spacial score (nSPS) is 23.3. The molecule has 2 aliphatic rings. The Kier molecular flexibility index (Phi) is 5.90. The molecular formula is C26H31NO3. The zero-order chi connectivity index (χ0) is 21.3. The van der Waals surface area contributed by atoms with Gasteiger partial charge in [0.05, 0.1) is 13.2 Å². The lowest BCUT2D eigenvalue weighted by molar-refractivity contribution is -0.145. The Hall–Kier alpha value is -2.30. The van der Waals surface area contributed by atoms with E-state index in [0.717, 1.165) is 43.2 Å². The van der Waals surface area contributed by atoms with Crippen LogP contribution in [0, 0.1) is 25.7 Å². The molecule has 0 bridgehead atoms. The molecule has 2 atom stereocenters. The highest BCUT2D eigenvalue weighted by Gasteiger charge is 2.45. The number of benzene rings is 2. The number of hydrogen-bond acceptors (Lipinski definition) is 4. The lowest BCUT2D eigenvalue weighted by atomic mass is 9.81. The van der Waals surface area contributed by atoms with Crippen LogP contribution in [0.2, 0.25) is 0 Å². The molecule has 0 amide bonds. The molecule has 4 nitrogen and oxygen atoms in total. The molecule has 30 heavy (non-hydrogen) atoms. The molecule has 1 saturated carbocycles. The maximum Gasteiger partial charge on any atom is 0.165 e. The lowest BCUT2D eigenvalue weighted by Gasteiger charge is -2.38. The van der Waals surface area contributed by atoms with Crippen molar-refractivity contribution in [3.63, 3.8) is 0 Å². The van der Waals surface area contributed by atoms with E-state index in [1.165, 1.54) is 16.7 Å². The Morgan fingerprint density at radius 2 is 1.50 bits per heavy atom. The van der Waals surface area contributed by atoms with Crippen LogP contribution in [0.3, 0.4) is 0 Å². The molecule has 1 heterocycles. The van der Waals surface area contributed by atoms with Gasteiger partial charge in [-0.1, -0.05) is 48.9 Å². The summed E-state index contributed by atoms with van der Waals surface area (Å²) >= 11 is 0. The van der Waals surface area contributed by atoms with Crippen molar-refractivity contribution in [3.05, 3.63) is 59.2 Å². The highest BCUT2D eigenvalue weighted by atomic mass is 16.5. The van der Waals surface area contributed by atoms with Crippen LogP contribution < -0.4 is 5.73 Å². The summed E-state index contributed by atoms with van der Waals surface area (Å²) in [6.45, 7) is 4.89. The molecule has 2 fully saturated rings. The van der Waals surface area contributed by atoms with Crippen LogP contribution in [0.5, 0.6) is 0 Å². The Morgan fingerprint density at radius 3 is 2.13 bits per heavy atom. The van der Waals surface area contributed by atoms with Gasteiger partial charge in [0.15, 0.2) is 11.6 Å². The summed E-state index contributed by atoms with van der Waals surface area (Å²) in [5.41, 5.74) is 11.0. The molecule has 2 aromatic rings. The maximum absolute atomic E-state index is 13.1. The molecule has 0 aromatic heterocycles. The standard InChI is InChI=1S/C26H31NO3/c1-17-6-7-23(14-18(17)2)19-8-10-21(11-9-19)24(28)20-4-3-5-22(13-12-20)25(29)26(27)15-30-16-26/h6-11,14,20,22H,3-5,12-13,15-16,27H2,1-2H3. The van der Waals surface area contributed by atoms with Crippen LogP contribution in [-0.4, -0.2) is 30.3 Å². The molecule has 1 aliphatic carbocycles. The molecule has 0 spiro atoms. The second-order valence-corrected chi connectivity index (χ2v) is 9.16. The number of aryl methyl sites for hydroxylation is 2. The minimum atomic E-state index is -0.793. The highest BCUT2D eigenvalue weighted by molar-refractivity contribution is 5.98. The van der Waals surface area contributed by atoms with Gasteiger partial charge in [0, 0.05) is 17.4 Å². The van der Waals surface area contributed by atoms with E-state index in [1.807, 2.05) is 24.3 Å². The Bertz CT molecular complexity index is 943. The second kappa shape index (κ2) is 8.44. The van der Waals surface area contributed by atoms with Crippen molar-refractivity contribution in [2.75, 3.05) is 13.2 Å². The number of rotatable bonds is 5. The van der Waals surface area contributed by atoms with Crippen molar-refractivity contribution in [2.24, 2.45) is 17.6 Å². The lowest BCUT2D eigenvalue weighted by Crippen LogP contribution is -2.64. The Morgan fingerprint density at radius 1 is 0.867 bits per heavy atom. The summed E-state index contributed by atoms with van der Waals surface area (Å²) < 4.78 is 5.15. The SMILES string of the molecule is Cc1ccc(-c2ccc(C(=O)C3CCCC(C(=O)C4(N)COC4)CC3)cc2)cc1C. The minimum absolute atomic E-state index is 0.0124. The van der Waals surface area contributed by atoms with Gasteiger partial charge >= 0.3 is 0 Å². The van der Waals surface area contributed by atoms with Crippen LogP contribution in [0.25, 0.3) is 11.1 Å². The van der Waals surface area contributed by atoms with E-state index in [1.54, 1.807) is 0 Å². The van der Waals surface area contributed by atoms with Gasteiger partial charge in [0.2, 0.25) is 0 Å². The molecular weight excluding hydrogens is 374 g/mol. The number of ketones is 2. The van der Waals surface area contributed by atoms with Gasteiger partial charge < -0.3 is 10.5 Å². The van der Waals surface area contributed by atoms with E-state index >= 15 is 0 Å². The minimum Gasteiger partial charge on any atom is -0.376 e. The number of nitrogens with two attached hydrogens (primary N) is 1. The van der Waals surface area contributed by atoms with Crippen molar-refractivity contribution < 1.29 is 14.3 Å². The first-order valence-corrected chi connectivity index (χ1v) is 11.0. The predicted molar refractivity (Wildman–Crippen MR) is 118 cm³/mol. The fourth-order valence-corrected chi connectivity index (χ4v) is 4.68. The number of hydrogen-bond donors (Lipinski definition) is 1. The van der Waals surface area contributed by atoms with Crippen LogP contribution in [0.1, 0.15) is 53.6 Å². The fourth-order valence-electron chi connectivity index (χ4n) is 4.68. The third-order valence-electron chi connectivity index (χ3n) is 6.93. The summed E-state index contributed by atoms with van der Waals surface area (Å²) in [5.74, 6) is 0.272. The number of carbonyl (C=O) groups excluding carboxylic acids is 2. The van der Waals surface area contributed by atoms with Gasteiger partial charge in [-0.15, -0.1) is 0 Å². The van der Waals surface area contributed by atoms with Crippen molar-refractivity contribution in [1.82, 2.24) is 0 Å². The van der Waals surface area contributed by atoms with E-state index in [2.05, 4.69) is 32.0 Å². The molecule has 2 N–H and O–H groups in total. The van der Waals surface area contributed by atoms with E-state index in [-0.39, 0.29) is 23.4 Å². The van der Waals surface area contributed by atoms with Gasteiger partial charge in [-0.05, 0) is 61.8 Å². The topological polar surface area (TPSA) is 69.4 Å². The van der Waals surface area contributed by atoms with Gasteiger partial charge in [-0.3, -0.25) is 9.59 Å². The first-order chi connectivity index (χ1) is 14.4. The third-order valence-corrected chi connectivity index (χ3v) is 6.93. The fraction of sp³-hybridized carbons (Fsp3) is 0.462. The van der Waals surface area contributed by atoms with Gasteiger partial charge in [-0.2, -0.15) is 0 Å². The monoisotopic (exact) mass is 405 g/mol. The van der Waals surface area contributed by atoms with Crippen molar-refractivity contribution in [2.45, 2.75) is 51.5 Å². The van der Waals surface area contributed by atoms with Crippen LogP contribution >= 0.6 is 0 Å². The quantitative estimate of drug-likeness (QED) is 0.581. The molecule has 1 aliphatic heterocycles. The molecule has 2 aromatic carbocycles. The molecule has 2 unspecified atom stereocenters. The average molecular weight is 406 g/mol. The number of Topliss-reactive ketones (excluding diaryl/α,β-unsaturated/α-hetero) is 2. The number of ether oxygens (including phenoxy) is 1. The zero-order valence-corrected chi connectivity index (χ0v) is 17.9. The molecule has 4 heteroatoms. The Balaban J connectivity index is 1.41. The van der Waals surface area contributed by atoms with E-state index in [9.17, 15) is 9.59 Å². The van der Waals surface area contributed by atoms with Crippen LogP contribution in [0.4, 0.5) is 0 Å². The van der Waals surface area contributed by atoms with Crippen molar-refractivity contribution in [3.8, 4) is 11.1 Å². The summed E-state index contributed by atoms with van der Waals surface area (Å²) in [6.07, 6.45) is 4.06. The average Bonchev–Trinajstić information content (AvgIpc) is 2.99. The largest absolute Gasteiger partial charge is 0.376 e. The second-order valence-electron chi connectivity index (χ2n) is 9.16. The van der Waals surface area contributed by atoms with E-state index in [4.69, 9.17) is 10.5 Å². The molecule has 4 rings (SSSR count). The van der Waals surface area contributed by atoms with E-state index < -0.39 is 5.54 Å². The molecule has 158 valence electrons. The van der Waals surface area contributed by atoms with Crippen LogP contribution in [0.15, 0.2) is 42.5 Å². The van der Waals surface area contributed by atoms with Gasteiger partial charge in [0.1, 0.15) is 5.54 Å². The molecule has 1 saturated heterocycles. The smallest absolute Gasteiger partial charge is 0.165 e. The van der Waals surface area contributed by atoms with E-state index in [0.29, 0.717) is 13.2 Å². The van der Waals surface area contributed by atoms with Gasteiger partial charge in [-0.25, -0.2) is 0 Å². The summed E-state index contributed by atoms with van der Waals surface area (Å²) in [6, 6.07) is 14.4. The zero-order valence-electron chi connectivity index (χ0n) is 17.9. The highest BCUT2D eigenvalue weighted by Crippen LogP contribution is 2.33. The molecule has 0 radical (unpaired) electrons. The first-order valence-electron chi connectivity index (χ1n) is 11.0. The first kappa shape index (κ1) is 21.0. The number of carbonyl (C=O) groups is 2. The van der Waals surface area contributed by atoms with Gasteiger partial charge in [0.25, 0.3) is 0 Å². The van der Waals surface area contributed by atoms with Crippen LogP contribution in [-0.2, 0) is 9.53 Å². The summed E-state index contributed by atoms with van der Waals surface area (Å²) in [4.78, 5) is 25.8. The third kappa shape index (κ3) is 4.12. The van der Waals surface area contributed by atoms with Crippen molar-refractivity contribution in [1.29, 1.82) is 0 Å². The summed E-state index contributed by atoms with van der Waals surface area (Å²) in [7, 11) is 0. The Labute approximate surface area is 178 Å². The van der Waals surface area contributed by atoms with Crippen molar-refractivity contribution >= 4 is 11.6 Å². The maximum atomic E-state index is 13.1. The summed E-state index contributed by atoms with van der Waals surface area (Å²) in [5, 5.41) is 0. The predicted octanol–water partition coefficient (Wildman–Crippen LogP) is 4.65.